The lowest BCUT2D eigenvalue weighted by Gasteiger charge is -2.28. The van der Waals surface area contributed by atoms with Gasteiger partial charge in [-0.1, -0.05) is 25.1 Å². The maximum absolute atomic E-state index is 5.25. The van der Waals surface area contributed by atoms with Gasteiger partial charge in [0.15, 0.2) is 5.82 Å². The maximum atomic E-state index is 5.25. The molecule has 1 atom stereocenters. The summed E-state index contributed by atoms with van der Waals surface area (Å²) in [5, 5.41) is 17.5. The number of nitrogens with one attached hydrogen (secondary N) is 2. The molecule has 0 saturated carbocycles. The van der Waals surface area contributed by atoms with E-state index >= 15 is 0 Å². The maximum Gasteiger partial charge on any atom is 0.176 e. The molecule has 0 aliphatic heterocycles. The van der Waals surface area contributed by atoms with Gasteiger partial charge in [-0.25, -0.2) is 0 Å². The van der Waals surface area contributed by atoms with Gasteiger partial charge in [-0.3, -0.25) is 0 Å². The summed E-state index contributed by atoms with van der Waals surface area (Å²) < 4.78 is 7.04. The van der Waals surface area contributed by atoms with E-state index in [-0.39, 0.29) is 5.54 Å². The molecule has 0 fully saturated rings. The van der Waals surface area contributed by atoms with E-state index in [1.165, 1.54) is 16.5 Å². The van der Waals surface area contributed by atoms with Crippen LogP contribution in [0.15, 0.2) is 54.7 Å². The van der Waals surface area contributed by atoms with Crippen LogP contribution in [0.1, 0.15) is 31.7 Å². The van der Waals surface area contributed by atoms with Gasteiger partial charge >= 0.3 is 0 Å². The highest BCUT2D eigenvalue weighted by atomic mass is 16.5. The molecule has 0 bridgehead atoms. The number of aromatic amines is 1. The molecule has 0 radical (unpaired) electrons. The van der Waals surface area contributed by atoms with E-state index in [2.05, 4.69) is 64.1 Å². The van der Waals surface area contributed by atoms with Crippen molar-refractivity contribution in [3.8, 4) is 11.4 Å². The molecule has 0 aliphatic carbocycles. The molecule has 0 saturated heterocycles. The minimum absolute atomic E-state index is 0.352. The highest BCUT2D eigenvalue weighted by Gasteiger charge is 2.31. The normalized spacial score (nSPS) is 13.5. The molecule has 0 aliphatic rings. The summed E-state index contributed by atoms with van der Waals surface area (Å²) >= 11 is 0. The largest absolute Gasteiger partial charge is 0.497 e. The van der Waals surface area contributed by atoms with Crippen molar-refractivity contribution in [3.05, 3.63) is 66.1 Å². The average molecular weight is 390 g/mol. The second-order valence-electron chi connectivity index (χ2n) is 7.33. The number of rotatable bonds is 8. The lowest BCUT2D eigenvalue weighted by molar-refractivity contribution is 0.329. The Hall–Kier alpha value is -3.19. The number of benzene rings is 2. The third-order valence-electron chi connectivity index (χ3n) is 5.57. The molecular formula is C22H26N6O. The molecule has 4 rings (SSSR count). The number of para-hydroxylation sites is 1. The van der Waals surface area contributed by atoms with Gasteiger partial charge in [0.05, 0.1) is 18.3 Å². The zero-order valence-electron chi connectivity index (χ0n) is 17.0. The number of tetrazole rings is 1. The summed E-state index contributed by atoms with van der Waals surface area (Å²) in [7, 11) is 1.66. The quantitative estimate of drug-likeness (QED) is 0.480. The second kappa shape index (κ2) is 8.05. The number of nitrogens with zero attached hydrogens (tertiary/aromatic N) is 4. The Balaban J connectivity index is 1.52. The molecule has 0 spiro atoms. The van der Waals surface area contributed by atoms with Gasteiger partial charge in [-0.05, 0) is 66.1 Å². The minimum Gasteiger partial charge on any atom is -0.497 e. The van der Waals surface area contributed by atoms with Crippen LogP contribution in [0.2, 0.25) is 0 Å². The Morgan fingerprint density at radius 2 is 1.93 bits per heavy atom. The van der Waals surface area contributed by atoms with E-state index in [0.717, 1.165) is 36.6 Å². The minimum atomic E-state index is -0.352. The molecule has 29 heavy (non-hydrogen) atoms. The van der Waals surface area contributed by atoms with Crippen LogP contribution in [0.4, 0.5) is 0 Å². The van der Waals surface area contributed by atoms with Gasteiger partial charge in [-0.15, -0.1) is 5.10 Å². The molecule has 0 unspecified atom stereocenters. The molecular weight excluding hydrogens is 364 g/mol. The van der Waals surface area contributed by atoms with E-state index in [1.807, 2.05) is 30.3 Å². The van der Waals surface area contributed by atoms with E-state index in [4.69, 9.17) is 4.74 Å². The van der Waals surface area contributed by atoms with Crippen LogP contribution < -0.4 is 10.1 Å². The molecule has 2 heterocycles. The number of ether oxygens (including phenoxy) is 1. The Labute approximate surface area is 170 Å². The fourth-order valence-electron chi connectivity index (χ4n) is 3.60. The lowest BCUT2D eigenvalue weighted by atomic mass is 9.97. The van der Waals surface area contributed by atoms with E-state index in [9.17, 15) is 0 Å². The first-order valence-corrected chi connectivity index (χ1v) is 9.88. The molecule has 4 aromatic rings. The second-order valence-corrected chi connectivity index (χ2v) is 7.33. The van der Waals surface area contributed by atoms with Crippen molar-refractivity contribution in [1.82, 2.24) is 30.5 Å². The van der Waals surface area contributed by atoms with Crippen LogP contribution in [0.25, 0.3) is 16.6 Å². The van der Waals surface area contributed by atoms with Gasteiger partial charge < -0.3 is 15.0 Å². The van der Waals surface area contributed by atoms with Gasteiger partial charge in [0.1, 0.15) is 5.75 Å². The van der Waals surface area contributed by atoms with Crippen LogP contribution in [0, 0.1) is 0 Å². The molecule has 150 valence electrons. The van der Waals surface area contributed by atoms with Crippen molar-refractivity contribution in [2.24, 2.45) is 0 Å². The summed E-state index contributed by atoms with van der Waals surface area (Å²) in [5.41, 5.74) is 3.03. The highest BCUT2D eigenvalue weighted by Crippen LogP contribution is 2.25. The number of hydrogen-bond acceptors (Lipinski definition) is 5. The molecule has 0 amide bonds. The Morgan fingerprint density at radius 1 is 1.14 bits per heavy atom. The van der Waals surface area contributed by atoms with Crippen LogP contribution in [0.5, 0.6) is 5.75 Å². The SMILES string of the molecule is CC[C@](C)(NCCc1c[nH]c2ccccc12)c1nnnn1-c1ccc(OC)cc1. The molecule has 7 heteroatoms. The highest BCUT2D eigenvalue weighted by molar-refractivity contribution is 5.83. The van der Waals surface area contributed by atoms with Gasteiger partial charge in [0, 0.05) is 23.6 Å². The third-order valence-corrected chi connectivity index (χ3v) is 5.57. The number of aromatic nitrogens is 5. The summed E-state index contributed by atoms with van der Waals surface area (Å²) in [6.45, 7) is 5.11. The number of hydrogen-bond donors (Lipinski definition) is 2. The first-order chi connectivity index (χ1) is 14.1. The molecule has 2 N–H and O–H groups in total. The van der Waals surface area contributed by atoms with Crippen molar-refractivity contribution in [2.75, 3.05) is 13.7 Å². The van der Waals surface area contributed by atoms with Gasteiger partial charge in [0.2, 0.25) is 0 Å². The van der Waals surface area contributed by atoms with Crippen LogP contribution >= 0.6 is 0 Å². The smallest absolute Gasteiger partial charge is 0.176 e. The zero-order chi connectivity index (χ0) is 20.3. The van der Waals surface area contributed by atoms with E-state index in [0.29, 0.717) is 0 Å². The monoisotopic (exact) mass is 390 g/mol. The van der Waals surface area contributed by atoms with Crippen molar-refractivity contribution in [1.29, 1.82) is 0 Å². The van der Waals surface area contributed by atoms with Gasteiger partial charge in [-0.2, -0.15) is 4.68 Å². The first-order valence-electron chi connectivity index (χ1n) is 9.88. The lowest BCUT2D eigenvalue weighted by Crippen LogP contribution is -2.42. The molecule has 2 aromatic heterocycles. The van der Waals surface area contributed by atoms with Gasteiger partial charge in [0.25, 0.3) is 0 Å². The van der Waals surface area contributed by atoms with Crippen molar-refractivity contribution >= 4 is 10.9 Å². The standard InChI is InChI=1S/C22H26N6O/c1-4-22(2,24-14-13-16-15-23-20-8-6-5-7-19(16)20)21-25-26-27-28(21)17-9-11-18(29-3)12-10-17/h5-12,15,23-24H,4,13-14H2,1-3H3/t22-/m0/s1. The van der Waals surface area contributed by atoms with Crippen molar-refractivity contribution in [2.45, 2.75) is 32.2 Å². The van der Waals surface area contributed by atoms with E-state index < -0.39 is 0 Å². The summed E-state index contributed by atoms with van der Waals surface area (Å²) in [6, 6.07) is 16.1. The third kappa shape index (κ3) is 3.73. The first kappa shape index (κ1) is 19.1. The number of H-pyrrole nitrogens is 1. The van der Waals surface area contributed by atoms with Crippen molar-refractivity contribution < 1.29 is 4.74 Å². The fourth-order valence-corrected chi connectivity index (χ4v) is 3.60. The van der Waals surface area contributed by atoms with Crippen LogP contribution in [0.3, 0.4) is 0 Å². The summed E-state index contributed by atoms with van der Waals surface area (Å²) in [5.74, 6) is 1.60. The predicted molar refractivity (Wildman–Crippen MR) is 113 cm³/mol. The van der Waals surface area contributed by atoms with Crippen LogP contribution in [-0.2, 0) is 12.0 Å². The Morgan fingerprint density at radius 3 is 2.69 bits per heavy atom. The number of fused-ring (bicyclic) bond motifs is 1. The average Bonchev–Trinajstić information content (AvgIpc) is 3.42. The van der Waals surface area contributed by atoms with Crippen LogP contribution in [-0.4, -0.2) is 38.8 Å². The molecule has 7 nitrogen and oxygen atoms in total. The Kier molecular flexibility index (Phi) is 5.31. The Bertz CT molecular complexity index is 1080. The predicted octanol–water partition coefficient (Wildman–Crippen LogP) is 3.61. The van der Waals surface area contributed by atoms with Crippen molar-refractivity contribution in [3.63, 3.8) is 0 Å². The zero-order valence-corrected chi connectivity index (χ0v) is 17.0. The summed E-state index contributed by atoms with van der Waals surface area (Å²) in [6.07, 6.45) is 3.87. The topological polar surface area (TPSA) is 80.7 Å². The fraction of sp³-hybridized carbons (Fsp3) is 0.318. The number of methoxy groups -OCH3 is 1. The van der Waals surface area contributed by atoms with E-state index in [1.54, 1.807) is 11.8 Å². The summed E-state index contributed by atoms with van der Waals surface area (Å²) in [4.78, 5) is 3.34. The molecule has 2 aromatic carbocycles.